The second-order valence-corrected chi connectivity index (χ2v) is 5.34. The predicted molar refractivity (Wildman–Crippen MR) is 88.4 cm³/mol. The van der Waals surface area contributed by atoms with Crippen LogP contribution in [0.3, 0.4) is 0 Å². The molecule has 0 aliphatic heterocycles. The van der Waals surface area contributed by atoms with Crippen molar-refractivity contribution in [1.82, 2.24) is 9.55 Å². The van der Waals surface area contributed by atoms with Crippen LogP contribution in [0.1, 0.15) is 22.5 Å². The van der Waals surface area contributed by atoms with Crippen molar-refractivity contribution in [1.29, 1.82) is 5.26 Å². The molecule has 0 fully saturated rings. The SMILES string of the molecule is N#Cc1ccccc1Cn1ccnc1Cc1ccc([N+](=O)[O-])cc1. The maximum absolute atomic E-state index is 10.7. The molecule has 118 valence electrons. The molecule has 0 aliphatic rings. The average molecular weight is 318 g/mol. The van der Waals surface area contributed by atoms with E-state index in [1.807, 2.05) is 29.0 Å². The fourth-order valence-electron chi connectivity index (χ4n) is 2.52. The second kappa shape index (κ2) is 6.75. The Kier molecular flexibility index (Phi) is 4.34. The molecular weight excluding hydrogens is 304 g/mol. The molecule has 24 heavy (non-hydrogen) atoms. The highest BCUT2D eigenvalue weighted by Gasteiger charge is 2.09. The quantitative estimate of drug-likeness (QED) is 0.533. The highest BCUT2D eigenvalue weighted by Crippen LogP contribution is 2.16. The number of nitriles is 1. The van der Waals surface area contributed by atoms with Crippen LogP contribution in [0.4, 0.5) is 5.69 Å². The van der Waals surface area contributed by atoms with Gasteiger partial charge in [-0.15, -0.1) is 0 Å². The largest absolute Gasteiger partial charge is 0.330 e. The zero-order valence-electron chi connectivity index (χ0n) is 12.8. The first kappa shape index (κ1) is 15.4. The number of nitrogens with zero attached hydrogens (tertiary/aromatic N) is 4. The molecular formula is C18H14N4O2. The Labute approximate surface area is 138 Å². The first-order chi connectivity index (χ1) is 11.7. The molecule has 3 aromatic rings. The van der Waals surface area contributed by atoms with Crippen LogP contribution in [0, 0.1) is 21.4 Å². The van der Waals surface area contributed by atoms with Gasteiger partial charge in [0.25, 0.3) is 5.69 Å². The van der Waals surface area contributed by atoms with Gasteiger partial charge in [0.05, 0.1) is 23.1 Å². The molecule has 6 heteroatoms. The van der Waals surface area contributed by atoms with E-state index >= 15 is 0 Å². The maximum Gasteiger partial charge on any atom is 0.269 e. The van der Waals surface area contributed by atoms with Crippen molar-refractivity contribution >= 4 is 5.69 Å². The minimum Gasteiger partial charge on any atom is -0.330 e. The number of rotatable bonds is 5. The molecule has 0 amide bonds. The van der Waals surface area contributed by atoms with E-state index in [1.165, 1.54) is 12.1 Å². The van der Waals surface area contributed by atoms with E-state index in [0.717, 1.165) is 17.0 Å². The standard InChI is InChI=1S/C18H14N4O2/c19-12-15-3-1-2-4-16(15)13-21-10-9-20-18(21)11-14-5-7-17(8-6-14)22(23)24/h1-10H,11,13H2. The third kappa shape index (κ3) is 3.31. The number of aromatic nitrogens is 2. The summed E-state index contributed by atoms with van der Waals surface area (Å²) in [5.74, 6) is 0.844. The molecule has 0 unspecified atom stereocenters. The van der Waals surface area contributed by atoms with Crippen LogP contribution >= 0.6 is 0 Å². The van der Waals surface area contributed by atoms with Gasteiger partial charge in [-0.05, 0) is 17.2 Å². The van der Waals surface area contributed by atoms with Crippen molar-refractivity contribution < 1.29 is 4.92 Å². The molecule has 6 nitrogen and oxygen atoms in total. The zero-order chi connectivity index (χ0) is 16.9. The molecule has 0 atom stereocenters. The molecule has 0 bridgehead atoms. The first-order valence-electron chi connectivity index (χ1n) is 7.38. The van der Waals surface area contributed by atoms with Gasteiger partial charge >= 0.3 is 0 Å². The van der Waals surface area contributed by atoms with Gasteiger partial charge in [0, 0.05) is 30.9 Å². The van der Waals surface area contributed by atoms with Crippen LogP contribution in [0.2, 0.25) is 0 Å². The summed E-state index contributed by atoms with van der Waals surface area (Å²) in [6.07, 6.45) is 4.16. The topological polar surface area (TPSA) is 84.8 Å². The molecule has 1 aromatic heterocycles. The monoisotopic (exact) mass is 318 g/mol. The van der Waals surface area contributed by atoms with Gasteiger partial charge in [-0.25, -0.2) is 4.98 Å². The van der Waals surface area contributed by atoms with Crippen LogP contribution < -0.4 is 0 Å². The van der Waals surface area contributed by atoms with Gasteiger partial charge in [-0.3, -0.25) is 10.1 Å². The Morgan fingerprint density at radius 1 is 1.17 bits per heavy atom. The van der Waals surface area contributed by atoms with E-state index in [-0.39, 0.29) is 5.69 Å². The van der Waals surface area contributed by atoms with E-state index in [0.29, 0.717) is 18.5 Å². The first-order valence-corrected chi connectivity index (χ1v) is 7.38. The number of nitro benzene ring substituents is 1. The van der Waals surface area contributed by atoms with Gasteiger partial charge in [-0.2, -0.15) is 5.26 Å². The normalized spacial score (nSPS) is 10.3. The van der Waals surface area contributed by atoms with Crippen molar-refractivity contribution in [3.05, 3.63) is 93.6 Å². The minimum absolute atomic E-state index is 0.0741. The molecule has 3 rings (SSSR count). The molecule has 2 aromatic carbocycles. The summed E-state index contributed by atoms with van der Waals surface area (Å²) in [6.45, 7) is 0.562. The molecule has 0 saturated heterocycles. The lowest BCUT2D eigenvalue weighted by Crippen LogP contribution is -2.06. The van der Waals surface area contributed by atoms with E-state index in [9.17, 15) is 15.4 Å². The summed E-state index contributed by atoms with van der Waals surface area (Å²) in [4.78, 5) is 14.7. The van der Waals surface area contributed by atoms with Crippen molar-refractivity contribution in [2.45, 2.75) is 13.0 Å². The van der Waals surface area contributed by atoms with Crippen LogP contribution in [0.15, 0.2) is 60.9 Å². The number of non-ortho nitro benzene ring substituents is 1. The molecule has 1 heterocycles. The Balaban J connectivity index is 1.80. The lowest BCUT2D eigenvalue weighted by atomic mass is 10.1. The van der Waals surface area contributed by atoms with Crippen LogP contribution in [-0.2, 0) is 13.0 Å². The van der Waals surface area contributed by atoms with E-state index in [1.54, 1.807) is 24.4 Å². The average Bonchev–Trinajstić information content (AvgIpc) is 3.02. The minimum atomic E-state index is -0.413. The highest BCUT2D eigenvalue weighted by atomic mass is 16.6. The van der Waals surface area contributed by atoms with Crippen molar-refractivity contribution in [2.24, 2.45) is 0 Å². The Hall–Kier alpha value is -3.46. The zero-order valence-corrected chi connectivity index (χ0v) is 12.8. The summed E-state index contributed by atoms with van der Waals surface area (Å²) >= 11 is 0. The predicted octanol–water partition coefficient (Wildman–Crippen LogP) is 3.30. The molecule has 0 aliphatic carbocycles. The van der Waals surface area contributed by atoms with Gasteiger partial charge in [0.15, 0.2) is 0 Å². The fraction of sp³-hybridized carbons (Fsp3) is 0.111. The summed E-state index contributed by atoms with van der Waals surface area (Å²) in [5.41, 5.74) is 2.60. The van der Waals surface area contributed by atoms with Crippen molar-refractivity contribution in [3.63, 3.8) is 0 Å². The van der Waals surface area contributed by atoms with Crippen LogP contribution in [0.5, 0.6) is 0 Å². The maximum atomic E-state index is 10.7. The van der Waals surface area contributed by atoms with Gasteiger partial charge in [0.2, 0.25) is 0 Å². The highest BCUT2D eigenvalue weighted by molar-refractivity contribution is 5.38. The Morgan fingerprint density at radius 2 is 1.92 bits per heavy atom. The third-order valence-corrected chi connectivity index (χ3v) is 3.79. The summed E-state index contributed by atoms with van der Waals surface area (Å²) in [5, 5.41) is 19.9. The number of hydrogen-bond donors (Lipinski definition) is 0. The summed E-state index contributed by atoms with van der Waals surface area (Å²) < 4.78 is 1.98. The number of hydrogen-bond acceptors (Lipinski definition) is 4. The van der Waals surface area contributed by atoms with Crippen LogP contribution in [0.25, 0.3) is 0 Å². The van der Waals surface area contributed by atoms with E-state index in [4.69, 9.17) is 0 Å². The molecule has 0 N–H and O–H groups in total. The van der Waals surface area contributed by atoms with Gasteiger partial charge < -0.3 is 4.57 Å². The number of nitro groups is 1. The lowest BCUT2D eigenvalue weighted by Gasteiger charge is -2.09. The Morgan fingerprint density at radius 3 is 2.62 bits per heavy atom. The lowest BCUT2D eigenvalue weighted by molar-refractivity contribution is -0.384. The number of benzene rings is 2. The summed E-state index contributed by atoms with van der Waals surface area (Å²) in [7, 11) is 0. The van der Waals surface area contributed by atoms with Crippen molar-refractivity contribution in [2.75, 3.05) is 0 Å². The number of imidazole rings is 1. The Bertz CT molecular complexity index is 907. The van der Waals surface area contributed by atoms with Crippen molar-refractivity contribution in [3.8, 4) is 6.07 Å². The van der Waals surface area contributed by atoms with Crippen LogP contribution in [-0.4, -0.2) is 14.5 Å². The smallest absolute Gasteiger partial charge is 0.269 e. The van der Waals surface area contributed by atoms with Gasteiger partial charge in [-0.1, -0.05) is 30.3 Å². The third-order valence-electron chi connectivity index (χ3n) is 3.79. The van der Waals surface area contributed by atoms with Gasteiger partial charge in [0.1, 0.15) is 5.82 Å². The molecule has 0 saturated carbocycles. The summed E-state index contributed by atoms with van der Waals surface area (Å²) in [6, 6.07) is 16.1. The molecule has 0 spiro atoms. The van der Waals surface area contributed by atoms with E-state index in [2.05, 4.69) is 11.1 Å². The fourth-order valence-corrected chi connectivity index (χ4v) is 2.52. The molecule has 0 radical (unpaired) electrons. The van der Waals surface area contributed by atoms with E-state index < -0.39 is 4.92 Å². The second-order valence-electron chi connectivity index (χ2n) is 5.34.